The Morgan fingerprint density at radius 2 is 1.92 bits per heavy atom. The van der Waals surface area contributed by atoms with Crippen molar-refractivity contribution in [1.29, 1.82) is 0 Å². The van der Waals surface area contributed by atoms with Gasteiger partial charge in [-0.15, -0.1) is 0 Å². The summed E-state index contributed by atoms with van der Waals surface area (Å²) in [5, 5.41) is 0. The van der Waals surface area contributed by atoms with E-state index in [2.05, 4.69) is 0 Å². The third-order valence-corrected chi connectivity index (χ3v) is 2.40. The molecule has 0 rings (SSSR count). The Kier molecular flexibility index (Phi) is 4.33. The van der Waals surface area contributed by atoms with E-state index in [0.717, 1.165) is 6.92 Å². The van der Waals surface area contributed by atoms with Crippen LogP contribution in [0.5, 0.6) is 0 Å². The van der Waals surface area contributed by atoms with Crippen molar-refractivity contribution in [2.45, 2.75) is 19.6 Å². The SMILES string of the molecule is CO[SiH](C)OC=C(C)C(F)(F)F. The van der Waals surface area contributed by atoms with Gasteiger partial charge in [0.05, 0.1) is 11.8 Å². The maximum atomic E-state index is 11.8. The molecule has 0 aliphatic heterocycles. The molecular weight excluding hydrogens is 189 g/mol. The van der Waals surface area contributed by atoms with Crippen LogP contribution < -0.4 is 0 Å². The first-order valence-corrected chi connectivity index (χ1v) is 5.40. The molecule has 1 unspecified atom stereocenters. The van der Waals surface area contributed by atoms with E-state index >= 15 is 0 Å². The third kappa shape index (κ3) is 4.40. The lowest BCUT2D eigenvalue weighted by atomic mass is 10.3. The number of halogens is 3. The van der Waals surface area contributed by atoms with E-state index in [1.807, 2.05) is 0 Å². The van der Waals surface area contributed by atoms with E-state index in [1.165, 1.54) is 7.11 Å². The van der Waals surface area contributed by atoms with Crippen LogP contribution >= 0.6 is 0 Å². The first-order valence-electron chi connectivity index (χ1n) is 3.30. The summed E-state index contributed by atoms with van der Waals surface area (Å²) < 4.78 is 44.9. The van der Waals surface area contributed by atoms with Gasteiger partial charge in [0.2, 0.25) is 0 Å². The first-order chi connectivity index (χ1) is 5.38. The van der Waals surface area contributed by atoms with Crippen molar-refractivity contribution < 1.29 is 22.0 Å². The summed E-state index contributed by atoms with van der Waals surface area (Å²) >= 11 is 0. The molecule has 0 saturated carbocycles. The highest BCUT2D eigenvalue weighted by molar-refractivity contribution is 6.42. The second-order valence-electron chi connectivity index (χ2n) is 2.24. The number of hydrogen-bond acceptors (Lipinski definition) is 2. The minimum atomic E-state index is -4.30. The van der Waals surface area contributed by atoms with Crippen LogP contribution in [0.15, 0.2) is 11.8 Å². The lowest BCUT2D eigenvalue weighted by Crippen LogP contribution is -2.15. The second-order valence-corrected chi connectivity index (χ2v) is 4.12. The fraction of sp³-hybridized carbons (Fsp3) is 0.667. The van der Waals surface area contributed by atoms with Crippen LogP contribution in [-0.4, -0.2) is 22.6 Å². The molecule has 0 aromatic heterocycles. The Morgan fingerprint density at radius 1 is 1.42 bits per heavy atom. The van der Waals surface area contributed by atoms with Crippen molar-refractivity contribution in [1.82, 2.24) is 0 Å². The molecule has 0 spiro atoms. The van der Waals surface area contributed by atoms with E-state index < -0.39 is 21.0 Å². The van der Waals surface area contributed by atoms with Crippen LogP contribution in [0.1, 0.15) is 6.92 Å². The highest BCUT2D eigenvalue weighted by atomic mass is 28.3. The molecule has 1 atom stereocenters. The minimum Gasteiger partial charge on any atom is -0.528 e. The first kappa shape index (κ1) is 11.5. The maximum Gasteiger partial charge on any atom is 0.415 e. The van der Waals surface area contributed by atoms with E-state index in [0.29, 0.717) is 6.26 Å². The monoisotopic (exact) mass is 200 g/mol. The van der Waals surface area contributed by atoms with Gasteiger partial charge in [-0.1, -0.05) is 0 Å². The van der Waals surface area contributed by atoms with Crippen LogP contribution in [0, 0.1) is 0 Å². The average Bonchev–Trinajstić information content (AvgIpc) is 1.97. The average molecular weight is 200 g/mol. The molecule has 0 radical (unpaired) electrons. The number of rotatable bonds is 3. The van der Waals surface area contributed by atoms with Crippen LogP contribution in [-0.2, 0) is 8.85 Å². The third-order valence-electron chi connectivity index (χ3n) is 1.22. The van der Waals surface area contributed by atoms with Crippen molar-refractivity contribution in [3.8, 4) is 0 Å². The van der Waals surface area contributed by atoms with E-state index in [-0.39, 0.29) is 0 Å². The Balaban J connectivity index is 4.01. The molecule has 0 aliphatic rings. The molecule has 6 heteroatoms. The Labute approximate surface area is 70.8 Å². The zero-order valence-electron chi connectivity index (χ0n) is 7.11. The van der Waals surface area contributed by atoms with Gasteiger partial charge in [0, 0.05) is 7.11 Å². The Hall–Kier alpha value is -0.493. The van der Waals surface area contributed by atoms with Crippen molar-refractivity contribution in [3.63, 3.8) is 0 Å². The van der Waals surface area contributed by atoms with Gasteiger partial charge in [-0.05, 0) is 13.5 Å². The molecule has 2 nitrogen and oxygen atoms in total. The molecule has 0 aliphatic carbocycles. The van der Waals surface area contributed by atoms with Crippen molar-refractivity contribution in [3.05, 3.63) is 11.8 Å². The van der Waals surface area contributed by atoms with Crippen LogP contribution in [0.4, 0.5) is 13.2 Å². The summed E-state index contributed by atoms with van der Waals surface area (Å²) in [6, 6.07) is 0. The largest absolute Gasteiger partial charge is 0.528 e. The van der Waals surface area contributed by atoms with Gasteiger partial charge < -0.3 is 8.85 Å². The van der Waals surface area contributed by atoms with Crippen molar-refractivity contribution in [2.75, 3.05) is 7.11 Å². The van der Waals surface area contributed by atoms with Gasteiger partial charge >= 0.3 is 15.5 Å². The molecular formula is C6H11F3O2Si. The quantitative estimate of drug-likeness (QED) is 0.512. The molecule has 0 amide bonds. The lowest BCUT2D eigenvalue weighted by molar-refractivity contribution is -0.0927. The molecule has 12 heavy (non-hydrogen) atoms. The topological polar surface area (TPSA) is 18.5 Å². The molecule has 0 aromatic carbocycles. The van der Waals surface area contributed by atoms with Gasteiger partial charge in [0.15, 0.2) is 0 Å². The van der Waals surface area contributed by atoms with Gasteiger partial charge in [-0.3, -0.25) is 0 Å². The van der Waals surface area contributed by atoms with Crippen LogP contribution in [0.3, 0.4) is 0 Å². The van der Waals surface area contributed by atoms with Gasteiger partial charge in [-0.2, -0.15) is 13.2 Å². The van der Waals surface area contributed by atoms with Crippen LogP contribution in [0.25, 0.3) is 0 Å². The second kappa shape index (κ2) is 4.51. The van der Waals surface area contributed by atoms with Gasteiger partial charge in [0.1, 0.15) is 0 Å². The summed E-state index contributed by atoms with van der Waals surface area (Å²) in [6.07, 6.45) is -3.59. The van der Waals surface area contributed by atoms with Crippen LogP contribution in [0.2, 0.25) is 6.55 Å². The smallest absolute Gasteiger partial charge is 0.415 e. The highest BCUT2D eigenvalue weighted by Gasteiger charge is 2.30. The van der Waals surface area contributed by atoms with E-state index in [1.54, 1.807) is 6.55 Å². The Bertz CT molecular complexity index is 167. The summed E-state index contributed by atoms with van der Waals surface area (Å²) in [5.41, 5.74) is -0.751. The fourth-order valence-corrected chi connectivity index (χ4v) is 0.827. The maximum absolute atomic E-state index is 11.8. The summed E-state index contributed by atoms with van der Waals surface area (Å²) in [6.45, 7) is 2.59. The predicted octanol–water partition coefficient (Wildman–Crippen LogP) is 1.97. The molecule has 0 saturated heterocycles. The summed E-state index contributed by atoms with van der Waals surface area (Å²) in [4.78, 5) is 0. The molecule has 72 valence electrons. The fourth-order valence-electron chi connectivity index (χ4n) is 0.320. The van der Waals surface area contributed by atoms with Gasteiger partial charge in [-0.25, -0.2) is 0 Å². The predicted molar refractivity (Wildman–Crippen MR) is 40.9 cm³/mol. The van der Waals surface area contributed by atoms with Gasteiger partial charge in [0.25, 0.3) is 0 Å². The highest BCUT2D eigenvalue weighted by Crippen LogP contribution is 2.24. The zero-order chi connectivity index (χ0) is 9.78. The van der Waals surface area contributed by atoms with E-state index in [9.17, 15) is 13.2 Å². The molecule has 0 aromatic rings. The Morgan fingerprint density at radius 3 is 2.25 bits per heavy atom. The number of hydrogen-bond donors (Lipinski definition) is 0. The number of alkyl halides is 3. The standard InChI is InChI=1S/C6H11F3O2Si/c1-5(6(7,8)9)4-11-12(3)10-2/h4,12H,1-3H3. The normalized spacial score (nSPS) is 16.0. The number of allylic oxidation sites excluding steroid dienone is 1. The van der Waals surface area contributed by atoms with Crippen molar-refractivity contribution in [2.24, 2.45) is 0 Å². The molecule has 0 bridgehead atoms. The molecule has 0 heterocycles. The summed E-state index contributed by atoms with van der Waals surface area (Å²) in [5.74, 6) is 0. The minimum absolute atomic E-state index is 0.709. The molecule has 0 fully saturated rings. The van der Waals surface area contributed by atoms with E-state index in [4.69, 9.17) is 8.85 Å². The lowest BCUT2D eigenvalue weighted by Gasteiger charge is -2.10. The zero-order valence-corrected chi connectivity index (χ0v) is 8.26. The molecule has 0 N–H and O–H groups in total. The summed E-state index contributed by atoms with van der Waals surface area (Å²) in [7, 11) is -0.475. The van der Waals surface area contributed by atoms with Crippen molar-refractivity contribution >= 4 is 9.28 Å².